The Bertz CT molecular complexity index is 775. The first-order chi connectivity index (χ1) is 11.6. The van der Waals surface area contributed by atoms with E-state index in [9.17, 15) is 9.59 Å². The lowest BCUT2D eigenvalue weighted by molar-refractivity contribution is 0.0600. The van der Waals surface area contributed by atoms with Gasteiger partial charge in [0.05, 0.1) is 30.8 Å². The molecular formula is C18H18N2O4. The number of carbonyl (C=O) groups is 2. The monoisotopic (exact) mass is 326 g/mol. The van der Waals surface area contributed by atoms with E-state index in [4.69, 9.17) is 4.74 Å². The summed E-state index contributed by atoms with van der Waals surface area (Å²) in [7, 11) is 1.29. The fourth-order valence-corrected chi connectivity index (χ4v) is 2.64. The second-order valence-electron chi connectivity index (χ2n) is 5.65. The molecule has 2 heterocycles. The standard InChI is InChI=1S/C18H18N2O4/c1-12-11-24-16-6-4-3-5-13(16)10-20(12)17(21)14-7-15(9-19-8-14)18(22)23-2/h3-9,12H,10-11H2,1-2H3/t12-/m0/s1. The normalized spacial score (nSPS) is 16.6. The number of amides is 1. The Labute approximate surface area is 140 Å². The summed E-state index contributed by atoms with van der Waals surface area (Å²) in [5.74, 6) is 0.0805. The highest BCUT2D eigenvalue weighted by Crippen LogP contribution is 2.25. The molecule has 0 saturated carbocycles. The Kier molecular flexibility index (Phi) is 4.46. The topological polar surface area (TPSA) is 68.7 Å². The maximum atomic E-state index is 12.9. The Balaban J connectivity index is 1.90. The summed E-state index contributed by atoms with van der Waals surface area (Å²) in [5.41, 5.74) is 1.55. The van der Waals surface area contributed by atoms with E-state index in [2.05, 4.69) is 9.72 Å². The van der Waals surface area contributed by atoms with Crippen molar-refractivity contribution in [1.82, 2.24) is 9.88 Å². The third-order valence-corrected chi connectivity index (χ3v) is 3.99. The fourth-order valence-electron chi connectivity index (χ4n) is 2.64. The number of methoxy groups -OCH3 is 1. The number of aromatic nitrogens is 1. The molecule has 1 aromatic heterocycles. The van der Waals surface area contributed by atoms with Crippen molar-refractivity contribution in [2.45, 2.75) is 19.5 Å². The Morgan fingerprint density at radius 3 is 2.79 bits per heavy atom. The molecule has 3 rings (SSSR count). The van der Waals surface area contributed by atoms with Gasteiger partial charge in [0.15, 0.2) is 0 Å². The van der Waals surface area contributed by atoms with Crippen LogP contribution in [-0.4, -0.2) is 41.5 Å². The molecule has 1 aromatic carbocycles. The minimum absolute atomic E-state index is 0.105. The molecule has 124 valence electrons. The summed E-state index contributed by atoms with van der Waals surface area (Å²) < 4.78 is 10.5. The number of hydrogen-bond donors (Lipinski definition) is 0. The highest BCUT2D eigenvalue weighted by Gasteiger charge is 2.27. The Morgan fingerprint density at radius 2 is 2.00 bits per heavy atom. The van der Waals surface area contributed by atoms with Crippen LogP contribution >= 0.6 is 0 Å². The number of rotatable bonds is 2. The van der Waals surface area contributed by atoms with Crippen LogP contribution in [0.15, 0.2) is 42.7 Å². The molecule has 0 unspecified atom stereocenters. The smallest absolute Gasteiger partial charge is 0.339 e. The molecule has 1 aliphatic heterocycles. The number of nitrogens with zero attached hydrogens (tertiary/aromatic N) is 2. The SMILES string of the molecule is COC(=O)c1cncc(C(=O)N2Cc3ccccc3OC[C@@H]2C)c1. The number of ether oxygens (including phenoxy) is 2. The number of esters is 1. The molecular weight excluding hydrogens is 308 g/mol. The highest BCUT2D eigenvalue weighted by molar-refractivity contribution is 5.97. The van der Waals surface area contributed by atoms with Gasteiger partial charge in [-0.1, -0.05) is 18.2 Å². The van der Waals surface area contributed by atoms with Crippen LogP contribution < -0.4 is 4.74 Å². The summed E-state index contributed by atoms with van der Waals surface area (Å²) in [6, 6.07) is 9.06. The summed E-state index contributed by atoms with van der Waals surface area (Å²) in [4.78, 5) is 30.3. The van der Waals surface area contributed by atoms with Crippen LogP contribution in [0.1, 0.15) is 33.2 Å². The number of benzene rings is 1. The molecule has 24 heavy (non-hydrogen) atoms. The fraction of sp³-hybridized carbons (Fsp3) is 0.278. The first kappa shape index (κ1) is 16.0. The van der Waals surface area contributed by atoms with E-state index in [1.165, 1.54) is 25.6 Å². The van der Waals surface area contributed by atoms with Gasteiger partial charge in [0, 0.05) is 18.0 Å². The van der Waals surface area contributed by atoms with E-state index in [-0.39, 0.29) is 17.5 Å². The number of para-hydroxylation sites is 1. The molecule has 0 aliphatic carbocycles. The van der Waals surface area contributed by atoms with Crippen molar-refractivity contribution >= 4 is 11.9 Å². The van der Waals surface area contributed by atoms with E-state index in [1.54, 1.807) is 4.90 Å². The van der Waals surface area contributed by atoms with Crippen molar-refractivity contribution < 1.29 is 19.1 Å². The van der Waals surface area contributed by atoms with Crippen LogP contribution in [-0.2, 0) is 11.3 Å². The first-order valence-corrected chi connectivity index (χ1v) is 7.65. The number of carbonyl (C=O) groups excluding carboxylic acids is 2. The minimum atomic E-state index is -0.519. The highest BCUT2D eigenvalue weighted by atomic mass is 16.5. The van der Waals surface area contributed by atoms with E-state index in [0.717, 1.165) is 11.3 Å². The molecule has 0 N–H and O–H groups in total. The number of fused-ring (bicyclic) bond motifs is 1. The van der Waals surface area contributed by atoms with E-state index in [1.807, 2.05) is 31.2 Å². The average Bonchev–Trinajstić information content (AvgIpc) is 2.80. The molecule has 6 heteroatoms. The maximum Gasteiger partial charge on any atom is 0.339 e. The number of pyridine rings is 1. The van der Waals surface area contributed by atoms with Crippen LogP contribution in [0.25, 0.3) is 0 Å². The Hall–Kier alpha value is -2.89. The van der Waals surface area contributed by atoms with Crippen molar-refractivity contribution in [3.05, 3.63) is 59.4 Å². The quantitative estimate of drug-likeness (QED) is 0.792. The number of hydrogen-bond acceptors (Lipinski definition) is 5. The molecule has 1 amide bonds. The second-order valence-corrected chi connectivity index (χ2v) is 5.65. The summed E-state index contributed by atoms with van der Waals surface area (Å²) >= 11 is 0. The maximum absolute atomic E-state index is 12.9. The van der Waals surface area contributed by atoms with Crippen molar-refractivity contribution in [2.24, 2.45) is 0 Å². The first-order valence-electron chi connectivity index (χ1n) is 7.65. The zero-order valence-corrected chi connectivity index (χ0v) is 13.6. The Morgan fingerprint density at radius 1 is 1.25 bits per heavy atom. The minimum Gasteiger partial charge on any atom is -0.491 e. The molecule has 0 fully saturated rings. The molecule has 6 nitrogen and oxygen atoms in total. The van der Waals surface area contributed by atoms with Crippen LogP contribution in [0.2, 0.25) is 0 Å². The lowest BCUT2D eigenvalue weighted by Gasteiger charge is -2.26. The molecule has 0 radical (unpaired) electrons. The van der Waals surface area contributed by atoms with Gasteiger partial charge in [0.2, 0.25) is 0 Å². The predicted molar refractivity (Wildman–Crippen MR) is 86.8 cm³/mol. The lowest BCUT2D eigenvalue weighted by atomic mass is 10.1. The van der Waals surface area contributed by atoms with Crippen molar-refractivity contribution in [1.29, 1.82) is 0 Å². The zero-order valence-electron chi connectivity index (χ0n) is 13.6. The summed E-state index contributed by atoms with van der Waals surface area (Å²) in [6.45, 7) is 2.78. The van der Waals surface area contributed by atoms with Gasteiger partial charge in [-0.3, -0.25) is 9.78 Å². The van der Waals surface area contributed by atoms with Gasteiger partial charge in [-0.15, -0.1) is 0 Å². The van der Waals surface area contributed by atoms with Gasteiger partial charge < -0.3 is 14.4 Å². The van der Waals surface area contributed by atoms with Gasteiger partial charge in [-0.2, -0.15) is 0 Å². The summed E-state index contributed by atoms with van der Waals surface area (Å²) in [5, 5.41) is 0. The third-order valence-electron chi connectivity index (χ3n) is 3.99. The van der Waals surface area contributed by atoms with Gasteiger partial charge in [0.25, 0.3) is 5.91 Å². The third kappa shape index (κ3) is 3.08. The van der Waals surface area contributed by atoms with Crippen LogP contribution in [0.3, 0.4) is 0 Å². The van der Waals surface area contributed by atoms with Crippen molar-refractivity contribution in [3.8, 4) is 5.75 Å². The van der Waals surface area contributed by atoms with Crippen LogP contribution in [0.5, 0.6) is 5.75 Å². The second kappa shape index (κ2) is 6.70. The van der Waals surface area contributed by atoms with E-state index in [0.29, 0.717) is 18.7 Å². The van der Waals surface area contributed by atoms with Crippen LogP contribution in [0, 0.1) is 0 Å². The average molecular weight is 326 g/mol. The van der Waals surface area contributed by atoms with Gasteiger partial charge in [-0.25, -0.2) is 4.79 Å². The largest absolute Gasteiger partial charge is 0.491 e. The predicted octanol–water partition coefficient (Wildman–Crippen LogP) is 2.29. The van der Waals surface area contributed by atoms with Crippen molar-refractivity contribution in [2.75, 3.05) is 13.7 Å². The molecule has 1 atom stereocenters. The lowest BCUT2D eigenvalue weighted by Crippen LogP contribution is -2.40. The zero-order chi connectivity index (χ0) is 17.1. The molecule has 2 aromatic rings. The summed E-state index contributed by atoms with van der Waals surface area (Å²) in [6.07, 6.45) is 2.84. The van der Waals surface area contributed by atoms with E-state index < -0.39 is 5.97 Å². The van der Waals surface area contributed by atoms with E-state index >= 15 is 0 Å². The van der Waals surface area contributed by atoms with Gasteiger partial charge in [-0.05, 0) is 19.1 Å². The van der Waals surface area contributed by atoms with Crippen molar-refractivity contribution in [3.63, 3.8) is 0 Å². The van der Waals surface area contributed by atoms with Crippen LogP contribution in [0.4, 0.5) is 0 Å². The molecule has 0 bridgehead atoms. The molecule has 1 aliphatic rings. The van der Waals surface area contributed by atoms with Gasteiger partial charge >= 0.3 is 5.97 Å². The molecule has 0 spiro atoms. The molecule has 0 saturated heterocycles. The van der Waals surface area contributed by atoms with Gasteiger partial charge in [0.1, 0.15) is 12.4 Å².